The Balaban J connectivity index is 3.66. The van der Waals surface area contributed by atoms with Crippen LogP contribution in [0.2, 0.25) is 0 Å². The highest BCUT2D eigenvalue weighted by Crippen LogP contribution is 2.50. The van der Waals surface area contributed by atoms with Gasteiger partial charge in [0.2, 0.25) is 0 Å². The lowest BCUT2D eigenvalue weighted by atomic mass is 9.60. The molecule has 0 radical (unpaired) electrons. The maximum absolute atomic E-state index is 9.96. The van der Waals surface area contributed by atoms with Crippen molar-refractivity contribution in [3.05, 3.63) is 0 Å². The summed E-state index contributed by atoms with van der Waals surface area (Å²) in [5.74, 6) is 0.541. The molecule has 0 aromatic carbocycles. The Kier molecular flexibility index (Phi) is 22.6. The van der Waals surface area contributed by atoms with E-state index in [0.29, 0.717) is 77.5 Å². The van der Waals surface area contributed by atoms with Gasteiger partial charge in [-0.15, -0.1) is 0 Å². The molecule has 1 saturated carbocycles. The molecule has 0 aromatic rings. The highest BCUT2D eigenvalue weighted by Gasteiger charge is 2.49. The van der Waals surface area contributed by atoms with Crippen molar-refractivity contribution in [2.75, 3.05) is 79.0 Å². The van der Waals surface area contributed by atoms with Crippen molar-refractivity contribution >= 4 is 0 Å². The highest BCUT2D eigenvalue weighted by molar-refractivity contribution is 5.04. The van der Waals surface area contributed by atoms with Crippen molar-refractivity contribution in [2.24, 2.45) is 11.8 Å². The second-order valence-electron chi connectivity index (χ2n) is 12.4. The minimum absolute atomic E-state index is 0.0785. The molecule has 1 aliphatic carbocycles. The molecule has 2 unspecified atom stereocenters. The fourth-order valence-electron chi connectivity index (χ4n) is 8.08. The normalized spacial score (nSPS) is 18.4. The average Bonchev–Trinajstić information content (AvgIpc) is 3.02. The number of hydrogen-bond donors (Lipinski definition) is 8. The van der Waals surface area contributed by atoms with E-state index in [1.54, 1.807) is 0 Å². The molecule has 2 atom stereocenters. The average molecular weight is 607 g/mol. The lowest BCUT2D eigenvalue weighted by Gasteiger charge is -2.57. The maximum Gasteiger partial charge on any atom is 0.0443 e. The summed E-state index contributed by atoms with van der Waals surface area (Å²) >= 11 is 0. The maximum atomic E-state index is 9.96. The minimum atomic E-state index is -0.296. The van der Waals surface area contributed by atoms with E-state index in [1.165, 1.54) is 0 Å². The molecule has 0 aromatic heterocycles. The molecule has 1 aliphatic rings. The predicted molar refractivity (Wildman–Crippen MR) is 166 cm³/mol. The van der Waals surface area contributed by atoms with Crippen LogP contribution >= 0.6 is 0 Å². The summed E-state index contributed by atoms with van der Waals surface area (Å²) < 4.78 is 0. The minimum Gasteiger partial charge on any atom is -0.396 e. The van der Waals surface area contributed by atoms with Crippen molar-refractivity contribution in [3.8, 4) is 0 Å². The van der Waals surface area contributed by atoms with Crippen LogP contribution < -0.4 is 0 Å². The number of nitrogens with zero attached hydrogens (tertiary/aromatic N) is 2. The van der Waals surface area contributed by atoms with Gasteiger partial charge in [-0.25, -0.2) is 0 Å². The second-order valence-corrected chi connectivity index (χ2v) is 12.4. The van der Waals surface area contributed by atoms with Crippen LogP contribution in [0.15, 0.2) is 0 Å². The van der Waals surface area contributed by atoms with Crippen LogP contribution in [-0.2, 0) is 0 Å². The monoisotopic (exact) mass is 606 g/mol. The molecular weight excluding hydrogens is 540 g/mol. The van der Waals surface area contributed by atoms with Gasteiger partial charge >= 0.3 is 0 Å². The fraction of sp³-hybridized carbons (Fsp3) is 1.00. The number of aliphatic hydroxyl groups excluding tert-OH is 8. The Labute approximate surface area is 255 Å². The van der Waals surface area contributed by atoms with Gasteiger partial charge < -0.3 is 40.9 Å². The summed E-state index contributed by atoms with van der Waals surface area (Å²) in [6, 6.07) is 0. The topological polar surface area (TPSA) is 168 Å². The first-order valence-electron chi connectivity index (χ1n) is 16.9. The summed E-state index contributed by atoms with van der Waals surface area (Å²) in [6.07, 6.45) is 12.1. The van der Waals surface area contributed by atoms with Crippen molar-refractivity contribution in [3.63, 3.8) is 0 Å². The Bertz CT molecular complexity index is 547. The van der Waals surface area contributed by atoms with Gasteiger partial charge in [0, 0.05) is 90.1 Å². The standard InChI is InChI=1S/C32H66N2O8/c35-20-2-12-31(13-3-21-36,33(16-6-24-39)17-7-25-40)29-10-1-11-30(28-29)32(14-4-22-37,15-5-23-38)34(18-8-26-41)19-9-27-42/h29-30,35-42H,1-28H2. The Morgan fingerprint density at radius 1 is 0.405 bits per heavy atom. The molecule has 10 heteroatoms. The summed E-state index contributed by atoms with van der Waals surface area (Å²) in [5.41, 5.74) is -0.593. The van der Waals surface area contributed by atoms with Gasteiger partial charge in [0.05, 0.1) is 0 Å². The molecular formula is C32H66N2O8. The first-order valence-corrected chi connectivity index (χ1v) is 16.9. The van der Waals surface area contributed by atoms with Gasteiger partial charge in [-0.2, -0.15) is 0 Å². The smallest absolute Gasteiger partial charge is 0.0443 e. The molecule has 8 N–H and O–H groups in total. The highest BCUT2D eigenvalue weighted by atomic mass is 16.3. The van der Waals surface area contributed by atoms with E-state index >= 15 is 0 Å². The summed E-state index contributed by atoms with van der Waals surface area (Å²) in [6.45, 7) is 3.39. The van der Waals surface area contributed by atoms with Crippen LogP contribution in [0.5, 0.6) is 0 Å². The van der Waals surface area contributed by atoms with Crippen LogP contribution in [0.25, 0.3) is 0 Å². The van der Waals surface area contributed by atoms with Crippen LogP contribution in [0.4, 0.5) is 0 Å². The van der Waals surface area contributed by atoms with Gasteiger partial charge in [0.25, 0.3) is 0 Å². The van der Waals surface area contributed by atoms with Crippen LogP contribution in [0, 0.1) is 11.8 Å². The van der Waals surface area contributed by atoms with E-state index in [2.05, 4.69) is 9.80 Å². The van der Waals surface area contributed by atoms with Gasteiger partial charge in [0.15, 0.2) is 0 Å². The number of rotatable bonds is 28. The first kappa shape index (κ1) is 39.6. The zero-order valence-electron chi connectivity index (χ0n) is 26.4. The van der Waals surface area contributed by atoms with Crippen LogP contribution in [-0.4, -0.2) is 141 Å². The lowest BCUT2D eigenvalue weighted by molar-refractivity contribution is -0.0631. The molecule has 0 aliphatic heterocycles. The zero-order valence-corrected chi connectivity index (χ0v) is 26.4. The van der Waals surface area contributed by atoms with E-state index in [1.807, 2.05) is 0 Å². The molecule has 0 heterocycles. The SMILES string of the molecule is OCCCN(CCCO)C(CCCO)(CCCO)C1CCCC(C(CCCO)(CCCO)N(CCCO)CCCO)C1. The van der Waals surface area contributed by atoms with Crippen LogP contribution in [0.3, 0.4) is 0 Å². The Morgan fingerprint density at radius 3 is 0.905 bits per heavy atom. The van der Waals surface area contributed by atoms with E-state index in [0.717, 1.165) is 51.4 Å². The van der Waals surface area contributed by atoms with Crippen molar-refractivity contribution in [1.29, 1.82) is 0 Å². The first-order chi connectivity index (χ1) is 20.5. The van der Waals surface area contributed by atoms with Gasteiger partial charge in [-0.3, -0.25) is 9.80 Å². The van der Waals surface area contributed by atoms with Crippen molar-refractivity contribution in [2.45, 2.75) is 114 Å². The largest absolute Gasteiger partial charge is 0.396 e. The molecule has 0 spiro atoms. The van der Waals surface area contributed by atoms with Gasteiger partial charge in [-0.05, 0) is 108 Å². The fourth-order valence-corrected chi connectivity index (χ4v) is 8.08. The van der Waals surface area contributed by atoms with Gasteiger partial charge in [0.1, 0.15) is 0 Å². The molecule has 0 amide bonds. The third-order valence-electron chi connectivity index (χ3n) is 9.87. The molecule has 42 heavy (non-hydrogen) atoms. The van der Waals surface area contributed by atoms with Crippen molar-refractivity contribution in [1.82, 2.24) is 9.80 Å². The van der Waals surface area contributed by atoms with Crippen molar-refractivity contribution < 1.29 is 40.9 Å². The number of hydrogen-bond acceptors (Lipinski definition) is 10. The van der Waals surface area contributed by atoms with Crippen LogP contribution in [0.1, 0.15) is 103 Å². The summed E-state index contributed by atoms with van der Waals surface area (Å²) in [5, 5.41) is 78.8. The third-order valence-corrected chi connectivity index (χ3v) is 9.87. The van der Waals surface area contributed by atoms with E-state index in [-0.39, 0.29) is 75.8 Å². The third kappa shape index (κ3) is 12.2. The lowest BCUT2D eigenvalue weighted by Crippen LogP contribution is -2.60. The van der Waals surface area contributed by atoms with Gasteiger partial charge in [-0.1, -0.05) is 6.42 Å². The molecule has 1 rings (SSSR count). The zero-order chi connectivity index (χ0) is 31.1. The quantitative estimate of drug-likeness (QED) is 0.0653. The molecule has 252 valence electrons. The van der Waals surface area contributed by atoms with E-state index < -0.39 is 0 Å². The van der Waals surface area contributed by atoms with E-state index in [9.17, 15) is 40.9 Å². The predicted octanol–water partition coefficient (Wildman–Crippen LogP) is 1.49. The molecule has 10 nitrogen and oxygen atoms in total. The number of aliphatic hydroxyl groups is 8. The molecule has 1 fully saturated rings. The Hall–Kier alpha value is -0.400. The van der Waals surface area contributed by atoms with E-state index in [4.69, 9.17) is 0 Å². The molecule has 0 bridgehead atoms. The Morgan fingerprint density at radius 2 is 0.667 bits per heavy atom. The summed E-state index contributed by atoms with van der Waals surface area (Å²) in [4.78, 5) is 4.88. The second kappa shape index (κ2) is 23.9. The summed E-state index contributed by atoms with van der Waals surface area (Å²) in [7, 11) is 0. The molecule has 0 saturated heterocycles.